The highest BCUT2D eigenvalue weighted by Crippen LogP contribution is 2.31. The lowest BCUT2D eigenvalue weighted by atomic mass is 10.0. The number of H-pyrrole nitrogens is 2. The molecule has 0 saturated heterocycles. The monoisotopic (exact) mass is 352 g/mol. The summed E-state index contributed by atoms with van der Waals surface area (Å²) in [7, 11) is 0. The van der Waals surface area contributed by atoms with Crippen molar-refractivity contribution in [2.24, 2.45) is 0 Å². The number of nitrogens with one attached hydrogen (secondary N) is 2. The van der Waals surface area contributed by atoms with E-state index in [0.717, 1.165) is 10.0 Å². The second-order valence-corrected chi connectivity index (χ2v) is 5.74. The normalized spacial score (nSPS) is 12.8. The van der Waals surface area contributed by atoms with E-state index in [4.69, 9.17) is 11.6 Å². The molecule has 102 valence electrons. The van der Waals surface area contributed by atoms with Crippen LogP contribution in [0, 0.1) is 0 Å². The second-order valence-electron chi connectivity index (χ2n) is 4.45. The lowest BCUT2D eigenvalue weighted by Gasteiger charge is -2.13. The van der Waals surface area contributed by atoms with Gasteiger partial charge in [-0.3, -0.25) is 0 Å². The third-order valence-corrected chi connectivity index (χ3v) is 4.05. The minimum absolute atomic E-state index is 0.273. The molecule has 3 rings (SSSR count). The van der Waals surface area contributed by atoms with Crippen LogP contribution in [-0.2, 0) is 0 Å². The molecule has 0 aliphatic carbocycles. The van der Waals surface area contributed by atoms with Gasteiger partial charge in [-0.05, 0) is 29.8 Å². The first-order chi connectivity index (χ1) is 9.54. The number of fused-ring (bicyclic) bond motifs is 1. The summed E-state index contributed by atoms with van der Waals surface area (Å²) in [6.07, 6.45) is -0.801. The van der Waals surface area contributed by atoms with Crippen LogP contribution >= 0.6 is 27.5 Å². The molecule has 3 aromatic rings. The minimum Gasteiger partial charge on any atom is -0.384 e. The summed E-state index contributed by atoms with van der Waals surface area (Å²) in [6.45, 7) is 0. The predicted molar refractivity (Wildman–Crippen MR) is 82.1 cm³/mol. The SMILES string of the molecule is O=c1[nH]c2cc(Br)c(C(O)c3ccc(Cl)cc3)cc2[nH]1. The van der Waals surface area contributed by atoms with Gasteiger partial charge in [-0.15, -0.1) is 0 Å². The Bertz CT molecular complexity index is 823. The Kier molecular flexibility index (Phi) is 3.41. The van der Waals surface area contributed by atoms with Gasteiger partial charge < -0.3 is 15.1 Å². The highest BCUT2D eigenvalue weighted by atomic mass is 79.9. The molecule has 0 bridgehead atoms. The first kappa shape index (κ1) is 13.4. The molecule has 0 saturated carbocycles. The zero-order valence-electron chi connectivity index (χ0n) is 10.2. The minimum atomic E-state index is -0.801. The van der Waals surface area contributed by atoms with E-state index in [0.29, 0.717) is 21.6 Å². The largest absolute Gasteiger partial charge is 0.384 e. The molecule has 1 unspecified atom stereocenters. The number of aliphatic hydroxyl groups excluding tert-OH is 1. The predicted octanol–water partition coefficient (Wildman–Crippen LogP) is 3.35. The molecule has 0 spiro atoms. The number of rotatable bonds is 2. The van der Waals surface area contributed by atoms with Crippen LogP contribution < -0.4 is 5.69 Å². The summed E-state index contributed by atoms with van der Waals surface area (Å²) >= 11 is 9.26. The molecule has 6 heteroatoms. The zero-order chi connectivity index (χ0) is 14.3. The fourth-order valence-electron chi connectivity index (χ4n) is 2.11. The Morgan fingerprint density at radius 2 is 1.70 bits per heavy atom. The molecule has 1 heterocycles. The van der Waals surface area contributed by atoms with Crippen molar-refractivity contribution in [3.8, 4) is 0 Å². The fourth-order valence-corrected chi connectivity index (χ4v) is 2.79. The van der Waals surface area contributed by atoms with Gasteiger partial charge in [0, 0.05) is 15.1 Å². The van der Waals surface area contributed by atoms with E-state index >= 15 is 0 Å². The Balaban J connectivity index is 2.10. The van der Waals surface area contributed by atoms with E-state index in [1.165, 1.54) is 0 Å². The topological polar surface area (TPSA) is 68.9 Å². The van der Waals surface area contributed by atoms with Crippen LogP contribution in [0.1, 0.15) is 17.2 Å². The van der Waals surface area contributed by atoms with Crippen LogP contribution in [0.2, 0.25) is 5.02 Å². The molecule has 20 heavy (non-hydrogen) atoms. The van der Waals surface area contributed by atoms with E-state index in [9.17, 15) is 9.90 Å². The number of aromatic nitrogens is 2. The first-order valence-corrected chi connectivity index (χ1v) is 7.06. The van der Waals surface area contributed by atoms with Crippen molar-refractivity contribution in [1.82, 2.24) is 9.97 Å². The Morgan fingerprint density at radius 1 is 1.10 bits per heavy atom. The summed E-state index contributed by atoms with van der Waals surface area (Å²) in [6, 6.07) is 10.5. The highest BCUT2D eigenvalue weighted by molar-refractivity contribution is 9.10. The van der Waals surface area contributed by atoms with Gasteiger partial charge in [-0.2, -0.15) is 0 Å². The summed E-state index contributed by atoms with van der Waals surface area (Å²) < 4.78 is 0.725. The van der Waals surface area contributed by atoms with E-state index < -0.39 is 6.10 Å². The van der Waals surface area contributed by atoms with Gasteiger partial charge in [0.05, 0.1) is 11.0 Å². The number of hydrogen-bond donors (Lipinski definition) is 3. The summed E-state index contributed by atoms with van der Waals surface area (Å²) in [5.41, 5.74) is 2.47. The average Bonchev–Trinajstić information content (AvgIpc) is 2.77. The smallest absolute Gasteiger partial charge is 0.323 e. The Hall–Kier alpha value is -1.56. The van der Waals surface area contributed by atoms with Crippen molar-refractivity contribution in [2.75, 3.05) is 0 Å². The van der Waals surface area contributed by atoms with Gasteiger partial charge in [0.1, 0.15) is 6.10 Å². The maximum absolute atomic E-state index is 11.3. The van der Waals surface area contributed by atoms with Gasteiger partial charge in [0.15, 0.2) is 0 Å². The van der Waals surface area contributed by atoms with Gasteiger partial charge in [-0.1, -0.05) is 39.7 Å². The third kappa shape index (κ3) is 2.40. The van der Waals surface area contributed by atoms with E-state index in [-0.39, 0.29) is 5.69 Å². The molecule has 0 radical (unpaired) electrons. The fraction of sp³-hybridized carbons (Fsp3) is 0.0714. The van der Waals surface area contributed by atoms with Crippen LogP contribution in [0.15, 0.2) is 45.7 Å². The Morgan fingerprint density at radius 3 is 2.35 bits per heavy atom. The molecular weight excluding hydrogens is 344 g/mol. The number of aromatic amines is 2. The number of aliphatic hydroxyl groups is 1. The summed E-state index contributed by atoms with van der Waals surface area (Å²) in [4.78, 5) is 16.6. The maximum atomic E-state index is 11.3. The molecule has 0 aliphatic heterocycles. The van der Waals surface area contributed by atoms with Crippen molar-refractivity contribution in [3.05, 3.63) is 67.5 Å². The van der Waals surface area contributed by atoms with Gasteiger partial charge in [-0.25, -0.2) is 4.79 Å². The molecule has 0 fully saturated rings. The van der Waals surface area contributed by atoms with Crippen LogP contribution in [0.25, 0.3) is 11.0 Å². The maximum Gasteiger partial charge on any atom is 0.323 e. The van der Waals surface area contributed by atoms with E-state index in [1.807, 2.05) is 0 Å². The van der Waals surface area contributed by atoms with Crippen LogP contribution in [0.3, 0.4) is 0 Å². The second kappa shape index (κ2) is 5.09. The van der Waals surface area contributed by atoms with Crippen LogP contribution in [-0.4, -0.2) is 15.1 Å². The van der Waals surface area contributed by atoms with Crippen molar-refractivity contribution < 1.29 is 5.11 Å². The summed E-state index contributed by atoms with van der Waals surface area (Å²) in [5, 5.41) is 11.1. The van der Waals surface area contributed by atoms with E-state index in [1.54, 1.807) is 36.4 Å². The number of benzene rings is 2. The molecule has 4 nitrogen and oxygen atoms in total. The number of imidazole rings is 1. The van der Waals surface area contributed by atoms with Crippen molar-refractivity contribution in [2.45, 2.75) is 6.10 Å². The molecular formula is C14H10BrClN2O2. The third-order valence-electron chi connectivity index (χ3n) is 3.11. The molecule has 0 amide bonds. The molecule has 1 aromatic heterocycles. The molecule has 2 aromatic carbocycles. The van der Waals surface area contributed by atoms with Crippen molar-refractivity contribution in [3.63, 3.8) is 0 Å². The lowest BCUT2D eigenvalue weighted by Crippen LogP contribution is -2.00. The standard InChI is InChI=1S/C14H10BrClN2O2/c15-10-6-12-11(17-14(20)18-12)5-9(10)13(19)7-1-3-8(16)4-2-7/h1-6,13,19H,(H2,17,18,20). The van der Waals surface area contributed by atoms with Crippen LogP contribution in [0.4, 0.5) is 0 Å². The van der Waals surface area contributed by atoms with Crippen molar-refractivity contribution in [1.29, 1.82) is 0 Å². The van der Waals surface area contributed by atoms with E-state index in [2.05, 4.69) is 25.9 Å². The summed E-state index contributed by atoms with van der Waals surface area (Å²) in [5.74, 6) is 0. The number of hydrogen-bond acceptors (Lipinski definition) is 2. The zero-order valence-corrected chi connectivity index (χ0v) is 12.5. The van der Waals surface area contributed by atoms with Crippen LogP contribution in [0.5, 0.6) is 0 Å². The Labute approximate surface area is 127 Å². The lowest BCUT2D eigenvalue weighted by molar-refractivity contribution is 0.219. The average molecular weight is 354 g/mol. The van der Waals surface area contributed by atoms with Gasteiger partial charge in [0.25, 0.3) is 0 Å². The first-order valence-electron chi connectivity index (χ1n) is 5.89. The van der Waals surface area contributed by atoms with Gasteiger partial charge >= 0.3 is 5.69 Å². The quantitative estimate of drug-likeness (QED) is 0.661. The highest BCUT2D eigenvalue weighted by Gasteiger charge is 2.15. The molecule has 1 atom stereocenters. The van der Waals surface area contributed by atoms with Crippen molar-refractivity contribution >= 4 is 38.6 Å². The molecule has 3 N–H and O–H groups in total. The molecule has 0 aliphatic rings. The van der Waals surface area contributed by atoms with Gasteiger partial charge in [0.2, 0.25) is 0 Å². The number of halogens is 2.